The number of hydrogen-bond acceptors (Lipinski definition) is 5. The van der Waals surface area contributed by atoms with Crippen LogP contribution in [0.15, 0.2) is 66.7 Å². The minimum atomic E-state index is -3.20. The molecule has 1 heterocycles. The quantitative estimate of drug-likeness (QED) is 0.502. The van der Waals surface area contributed by atoms with Crippen LogP contribution < -0.4 is 14.8 Å². The van der Waals surface area contributed by atoms with Gasteiger partial charge in [0.1, 0.15) is 12.4 Å². The molecule has 0 saturated heterocycles. The molecule has 158 valence electrons. The molecule has 0 aliphatic rings. The maximum Gasteiger partial charge on any atom is 0.261 e. The third-order valence-corrected chi connectivity index (χ3v) is 6.19. The Bertz CT molecular complexity index is 1080. The number of amides is 1. The van der Waals surface area contributed by atoms with Crippen molar-refractivity contribution in [2.75, 3.05) is 12.8 Å². The average Bonchev–Trinajstić information content (AvgIpc) is 3.20. The van der Waals surface area contributed by atoms with Crippen molar-refractivity contribution < 1.29 is 17.9 Å². The first-order valence-electron chi connectivity index (χ1n) is 9.47. The molecule has 2 aromatic carbocycles. The van der Waals surface area contributed by atoms with Gasteiger partial charge in [0.25, 0.3) is 5.91 Å². The molecule has 1 amide bonds. The summed E-state index contributed by atoms with van der Waals surface area (Å²) >= 11 is 1.37. The summed E-state index contributed by atoms with van der Waals surface area (Å²) in [6, 6.07) is 21.1. The fourth-order valence-corrected chi connectivity index (χ4v) is 4.20. The van der Waals surface area contributed by atoms with E-state index >= 15 is 0 Å². The molecule has 0 saturated carbocycles. The number of nitrogens with one attached hydrogen (secondary N) is 2. The van der Waals surface area contributed by atoms with Crippen LogP contribution in [0.2, 0.25) is 0 Å². The van der Waals surface area contributed by atoms with Gasteiger partial charge in [0.2, 0.25) is 10.0 Å². The lowest BCUT2D eigenvalue weighted by molar-refractivity contribution is 0.0954. The second-order valence-corrected chi connectivity index (χ2v) is 9.74. The molecule has 0 bridgehead atoms. The fraction of sp³-hybridized carbons (Fsp3) is 0.227. The molecule has 8 heteroatoms. The lowest BCUT2D eigenvalue weighted by Crippen LogP contribution is -2.24. The summed E-state index contributed by atoms with van der Waals surface area (Å²) in [5, 5.41) is 2.95. The van der Waals surface area contributed by atoms with Gasteiger partial charge in [-0.15, -0.1) is 11.3 Å². The first-order chi connectivity index (χ1) is 14.4. The Morgan fingerprint density at radius 3 is 2.40 bits per heavy atom. The third-order valence-electron chi connectivity index (χ3n) is 4.32. The number of carbonyl (C=O) groups is 1. The molecule has 3 aromatic rings. The van der Waals surface area contributed by atoms with Gasteiger partial charge in [-0.25, -0.2) is 13.1 Å². The van der Waals surface area contributed by atoms with Crippen LogP contribution in [0.3, 0.4) is 0 Å². The van der Waals surface area contributed by atoms with Gasteiger partial charge in [0.15, 0.2) is 0 Å². The van der Waals surface area contributed by atoms with Gasteiger partial charge in [-0.1, -0.05) is 42.5 Å². The van der Waals surface area contributed by atoms with Crippen molar-refractivity contribution in [1.82, 2.24) is 10.0 Å². The van der Waals surface area contributed by atoms with Crippen molar-refractivity contribution >= 4 is 27.3 Å². The van der Waals surface area contributed by atoms with Gasteiger partial charge in [0.05, 0.1) is 11.1 Å². The van der Waals surface area contributed by atoms with Crippen LogP contribution in [0.1, 0.15) is 25.7 Å². The Hall–Kier alpha value is -2.68. The highest BCUT2D eigenvalue weighted by Crippen LogP contribution is 2.18. The molecular weight excluding hydrogens is 420 g/mol. The van der Waals surface area contributed by atoms with Crippen LogP contribution in [-0.2, 0) is 29.6 Å². The zero-order valence-electron chi connectivity index (χ0n) is 16.6. The van der Waals surface area contributed by atoms with E-state index in [1.807, 2.05) is 60.7 Å². The van der Waals surface area contributed by atoms with E-state index in [2.05, 4.69) is 10.0 Å². The Balaban J connectivity index is 1.53. The van der Waals surface area contributed by atoms with Gasteiger partial charge in [-0.3, -0.25) is 4.79 Å². The molecule has 30 heavy (non-hydrogen) atoms. The second kappa shape index (κ2) is 10.4. The predicted octanol–water partition coefficient (Wildman–Crippen LogP) is 3.35. The topological polar surface area (TPSA) is 84.5 Å². The van der Waals surface area contributed by atoms with E-state index < -0.39 is 10.0 Å². The zero-order valence-corrected chi connectivity index (χ0v) is 18.3. The van der Waals surface area contributed by atoms with Crippen LogP contribution in [-0.4, -0.2) is 27.1 Å². The Morgan fingerprint density at radius 2 is 1.67 bits per heavy atom. The Labute approximate surface area is 181 Å². The van der Waals surface area contributed by atoms with E-state index in [0.717, 1.165) is 28.0 Å². The van der Waals surface area contributed by atoms with Gasteiger partial charge >= 0.3 is 0 Å². The van der Waals surface area contributed by atoms with Crippen LogP contribution in [0.4, 0.5) is 0 Å². The fourth-order valence-electron chi connectivity index (χ4n) is 2.81. The number of thiophene rings is 1. The average molecular weight is 445 g/mol. The first-order valence-corrected chi connectivity index (χ1v) is 12.2. The standard InChI is InChI=1S/C22H24N2O4S2/c1-30(26,27)24-14-13-20-11-12-21(29-20)22(25)23-15-17-7-5-6-8-18(17)16-28-19-9-3-2-4-10-19/h2-12,24H,13-16H2,1H3,(H,23,25). The van der Waals surface area contributed by atoms with Gasteiger partial charge in [-0.2, -0.15) is 0 Å². The van der Waals surface area contributed by atoms with Crippen molar-refractivity contribution in [3.63, 3.8) is 0 Å². The summed E-state index contributed by atoms with van der Waals surface area (Å²) in [6.45, 7) is 1.14. The van der Waals surface area contributed by atoms with E-state index in [1.54, 1.807) is 6.07 Å². The molecule has 0 unspecified atom stereocenters. The molecule has 0 aliphatic carbocycles. The SMILES string of the molecule is CS(=O)(=O)NCCc1ccc(C(=O)NCc2ccccc2COc2ccccc2)s1. The Morgan fingerprint density at radius 1 is 0.967 bits per heavy atom. The molecule has 2 N–H and O–H groups in total. The van der Waals surface area contributed by atoms with Crippen LogP contribution in [0.25, 0.3) is 0 Å². The van der Waals surface area contributed by atoms with Crippen LogP contribution in [0, 0.1) is 0 Å². The van der Waals surface area contributed by atoms with Crippen molar-refractivity contribution in [3.05, 3.63) is 87.6 Å². The number of sulfonamides is 1. The van der Waals surface area contributed by atoms with E-state index in [4.69, 9.17) is 4.74 Å². The number of rotatable bonds is 10. The second-order valence-electron chi connectivity index (χ2n) is 6.74. The first kappa shape index (κ1) is 22.0. The van der Waals surface area contributed by atoms with E-state index in [9.17, 15) is 13.2 Å². The number of benzene rings is 2. The summed E-state index contributed by atoms with van der Waals surface area (Å²) in [5.74, 6) is 0.647. The van der Waals surface area contributed by atoms with Crippen molar-refractivity contribution in [2.45, 2.75) is 19.6 Å². The molecule has 1 aromatic heterocycles. The summed E-state index contributed by atoms with van der Waals surface area (Å²) in [4.78, 5) is 14.1. The van der Waals surface area contributed by atoms with E-state index in [1.165, 1.54) is 11.3 Å². The molecule has 0 atom stereocenters. The van der Waals surface area contributed by atoms with Crippen LogP contribution in [0.5, 0.6) is 5.75 Å². The smallest absolute Gasteiger partial charge is 0.261 e. The van der Waals surface area contributed by atoms with Gasteiger partial charge in [0, 0.05) is 18.0 Å². The van der Waals surface area contributed by atoms with Crippen molar-refractivity contribution in [2.24, 2.45) is 0 Å². The Kier molecular flexibility index (Phi) is 7.62. The molecule has 6 nitrogen and oxygen atoms in total. The number of hydrogen-bond donors (Lipinski definition) is 2. The van der Waals surface area contributed by atoms with E-state index in [-0.39, 0.29) is 5.91 Å². The highest BCUT2D eigenvalue weighted by Gasteiger charge is 2.11. The largest absolute Gasteiger partial charge is 0.489 e. The third kappa shape index (κ3) is 6.98. The molecule has 0 radical (unpaired) electrons. The summed E-state index contributed by atoms with van der Waals surface area (Å²) in [7, 11) is -3.20. The zero-order chi connectivity index (χ0) is 21.4. The van der Waals surface area contributed by atoms with Crippen LogP contribution >= 0.6 is 11.3 Å². The van der Waals surface area contributed by atoms with Crippen molar-refractivity contribution in [1.29, 1.82) is 0 Å². The lowest BCUT2D eigenvalue weighted by Gasteiger charge is -2.12. The number of ether oxygens (including phenoxy) is 1. The normalized spacial score (nSPS) is 11.2. The maximum atomic E-state index is 12.5. The maximum absolute atomic E-state index is 12.5. The summed E-state index contributed by atoms with van der Waals surface area (Å²) in [5.41, 5.74) is 2.01. The molecule has 0 aliphatic heterocycles. The van der Waals surface area contributed by atoms with Crippen molar-refractivity contribution in [3.8, 4) is 5.75 Å². The summed E-state index contributed by atoms with van der Waals surface area (Å²) in [6.07, 6.45) is 1.67. The highest BCUT2D eigenvalue weighted by molar-refractivity contribution is 7.88. The minimum absolute atomic E-state index is 0.152. The van der Waals surface area contributed by atoms with Gasteiger partial charge in [-0.05, 0) is 41.8 Å². The molecule has 0 spiro atoms. The molecular formula is C22H24N2O4S2. The minimum Gasteiger partial charge on any atom is -0.489 e. The number of para-hydroxylation sites is 1. The molecule has 0 fully saturated rings. The number of carbonyl (C=O) groups excluding carboxylic acids is 1. The van der Waals surface area contributed by atoms with Gasteiger partial charge < -0.3 is 10.1 Å². The van der Waals surface area contributed by atoms with E-state index in [0.29, 0.717) is 31.0 Å². The predicted molar refractivity (Wildman–Crippen MR) is 119 cm³/mol. The summed E-state index contributed by atoms with van der Waals surface area (Å²) < 4.78 is 30.5. The monoisotopic (exact) mass is 444 g/mol. The molecule has 3 rings (SSSR count). The highest BCUT2D eigenvalue weighted by atomic mass is 32.2. The lowest BCUT2D eigenvalue weighted by atomic mass is 10.1.